The predicted octanol–water partition coefficient (Wildman–Crippen LogP) is 3.13. The van der Waals surface area contributed by atoms with Crippen LogP contribution < -0.4 is 9.64 Å². The van der Waals surface area contributed by atoms with Gasteiger partial charge < -0.3 is 9.64 Å². The van der Waals surface area contributed by atoms with Crippen LogP contribution in [0, 0.1) is 5.82 Å². The van der Waals surface area contributed by atoms with Gasteiger partial charge in [-0.3, -0.25) is 4.90 Å². The Balaban J connectivity index is 1.55. The van der Waals surface area contributed by atoms with Crippen molar-refractivity contribution in [3.63, 3.8) is 0 Å². The number of methoxy groups -OCH3 is 1. The summed E-state index contributed by atoms with van der Waals surface area (Å²) in [5.41, 5.74) is 0.972. The van der Waals surface area contributed by atoms with Crippen LogP contribution in [0.1, 0.15) is 30.3 Å². The Hall–Kier alpha value is -1.73. The molecule has 0 aliphatic carbocycles. The first-order chi connectivity index (χ1) is 11.6. The molecular weight excluding hydrogens is 327 g/mol. The van der Waals surface area contributed by atoms with Crippen molar-refractivity contribution < 1.29 is 9.13 Å². The van der Waals surface area contributed by atoms with Crippen molar-refractivity contribution in [3.8, 4) is 5.75 Å². The Morgan fingerprint density at radius 2 is 1.96 bits per heavy atom. The largest absolute Gasteiger partial charge is 0.494 e. The zero-order valence-electron chi connectivity index (χ0n) is 14.3. The lowest BCUT2D eigenvalue weighted by atomic mass is 10.2. The second-order valence-corrected chi connectivity index (χ2v) is 7.30. The van der Waals surface area contributed by atoms with Crippen LogP contribution in [0.3, 0.4) is 0 Å². The third-order valence-corrected chi connectivity index (χ3v) is 5.47. The summed E-state index contributed by atoms with van der Waals surface area (Å²) in [6, 6.07) is 5.18. The molecule has 7 heteroatoms. The van der Waals surface area contributed by atoms with Crippen molar-refractivity contribution in [1.29, 1.82) is 0 Å². The van der Waals surface area contributed by atoms with Gasteiger partial charge in [-0.1, -0.05) is 31.3 Å². The number of piperazine rings is 1. The SMILES string of the molecule is COc1ccc(CN2CCN(c3nnc(C(C)C)s3)CC2)cc1F. The predicted molar refractivity (Wildman–Crippen MR) is 94.4 cm³/mol. The van der Waals surface area contributed by atoms with E-state index in [0.29, 0.717) is 11.7 Å². The van der Waals surface area contributed by atoms with Gasteiger partial charge in [0.15, 0.2) is 11.6 Å². The van der Waals surface area contributed by atoms with Crippen LogP contribution in [0.5, 0.6) is 5.75 Å². The maximum absolute atomic E-state index is 13.8. The van der Waals surface area contributed by atoms with E-state index in [9.17, 15) is 4.39 Å². The third-order valence-electron chi connectivity index (χ3n) is 4.19. The minimum atomic E-state index is -0.302. The average molecular weight is 350 g/mol. The molecule has 0 radical (unpaired) electrons. The van der Waals surface area contributed by atoms with Gasteiger partial charge in [0.05, 0.1) is 7.11 Å². The molecule has 1 aliphatic heterocycles. The van der Waals surface area contributed by atoms with Crippen LogP contribution in [0.25, 0.3) is 0 Å². The smallest absolute Gasteiger partial charge is 0.208 e. The molecule has 0 saturated carbocycles. The first-order valence-corrected chi connectivity index (χ1v) is 9.01. The van der Waals surface area contributed by atoms with E-state index in [1.54, 1.807) is 23.5 Å². The van der Waals surface area contributed by atoms with Gasteiger partial charge >= 0.3 is 0 Å². The molecule has 3 rings (SSSR count). The van der Waals surface area contributed by atoms with Gasteiger partial charge in [0.25, 0.3) is 0 Å². The molecule has 1 aromatic carbocycles. The molecule has 1 saturated heterocycles. The molecular formula is C17H23FN4OS. The molecule has 0 amide bonds. The molecule has 0 bridgehead atoms. The molecule has 0 atom stereocenters. The van der Waals surface area contributed by atoms with E-state index >= 15 is 0 Å². The average Bonchev–Trinajstić information content (AvgIpc) is 3.06. The van der Waals surface area contributed by atoms with Crippen LogP contribution >= 0.6 is 11.3 Å². The van der Waals surface area contributed by atoms with Gasteiger partial charge in [0, 0.05) is 38.6 Å². The fourth-order valence-electron chi connectivity index (χ4n) is 2.75. The Morgan fingerprint density at radius 3 is 2.54 bits per heavy atom. The highest BCUT2D eigenvalue weighted by molar-refractivity contribution is 7.15. The fraction of sp³-hybridized carbons (Fsp3) is 0.529. The second-order valence-electron chi connectivity index (χ2n) is 6.31. The summed E-state index contributed by atoms with van der Waals surface area (Å²) in [5.74, 6) is 0.409. The molecule has 24 heavy (non-hydrogen) atoms. The highest BCUT2D eigenvalue weighted by atomic mass is 32.1. The van der Waals surface area contributed by atoms with E-state index in [2.05, 4.69) is 33.8 Å². The lowest BCUT2D eigenvalue weighted by Crippen LogP contribution is -2.45. The van der Waals surface area contributed by atoms with E-state index < -0.39 is 0 Å². The Morgan fingerprint density at radius 1 is 1.21 bits per heavy atom. The number of aromatic nitrogens is 2. The minimum Gasteiger partial charge on any atom is -0.494 e. The highest BCUT2D eigenvalue weighted by Crippen LogP contribution is 2.26. The number of halogens is 1. The summed E-state index contributed by atoms with van der Waals surface area (Å²) < 4.78 is 18.8. The van der Waals surface area contributed by atoms with E-state index in [0.717, 1.165) is 48.4 Å². The van der Waals surface area contributed by atoms with Crippen molar-refractivity contribution in [2.45, 2.75) is 26.3 Å². The Kier molecular flexibility index (Phi) is 5.30. The van der Waals surface area contributed by atoms with Gasteiger partial charge in [0.1, 0.15) is 5.01 Å². The van der Waals surface area contributed by atoms with Gasteiger partial charge in [0.2, 0.25) is 5.13 Å². The summed E-state index contributed by atoms with van der Waals surface area (Å²) in [5, 5.41) is 10.7. The Labute approximate surface area is 146 Å². The molecule has 0 spiro atoms. The lowest BCUT2D eigenvalue weighted by Gasteiger charge is -2.34. The zero-order chi connectivity index (χ0) is 17.1. The zero-order valence-corrected chi connectivity index (χ0v) is 15.1. The number of anilines is 1. The number of hydrogen-bond donors (Lipinski definition) is 0. The topological polar surface area (TPSA) is 41.5 Å². The van der Waals surface area contributed by atoms with Crippen LogP contribution in [0.15, 0.2) is 18.2 Å². The van der Waals surface area contributed by atoms with Crippen molar-refractivity contribution in [3.05, 3.63) is 34.6 Å². The summed E-state index contributed by atoms with van der Waals surface area (Å²) in [4.78, 5) is 4.62. The maximum atomic E-state index is 13.8. The van der Waals surface area contributed by atoms with Crippen molar-refractivity contribution >= 4 is 16.5 Å². The van der Waals surface area contributed by atoms with E-state index in [-0.39, 0.29) is 5.82 Å². The molecule has 2 heterocycles. The molecule has 0 unspecified atom stereocenters. The standard InChI is InChI=1S/C17H23FN4OS/c1-12(2)16-19-20-17(24-16)22-8-6-21(7-9-22)11-13-4-5-15(23-3)14(18)10-13/h4-5,10,12H,6-9,11H2,1-3H3. The highest BCUT2D eigenvalue weighted by Gasteiger charge is 2.21. The van der Waals surface area contributed by atoms with E-state index in [4.69, 9.17) is 4.74 Å². The van der Waals surface area contributed by atoms with E-state index in [1.165, 1.54) is 7.11 Å². The van der Waals surface area contributed by atoms with Gasteiger partial charge in [-0.15, -0.1) is 10.2 Å². The normalized spacial score (nSPS) is 16.0. The summed E-state index contributed by atoms with van der Waals surface area (Å²) in [6.45, 7) is 8.74. The molecule has 1 fully saturated rings. The number of benzene rings is 1. The maximum Gasteiger partial charge on any atom is 0.208 e. The van der Waals surface area contributed by atoms with Gasteiger partial charge in [-0.2, -0.15) is 0 Å². The molecule has 1 aromatic heterocycles. The molecule has 0 N–H and O–H groups in total. The molecule has 5 nitrogen and oxygen atoms in total. The van der Waals surface area contributed by atoms with Crippen LogP contribution in [0.2, 0.25) is 0 Å². The first-order valence-electron chi connectivity index (χ1n) is 8.20. The van der Waals surface area contributed by atoms with Gasteiger partial charge in [-0.25, -0.2) is 4.39 Å². The quantitative estimate of drug-likeness (QED) is 0.829. The van der Waals surface area contributed by atoms with Crippen LogP contribution in [-0.4, -0.2) is 48.4 Å². The fourth-order valence-corrected chi connectivity index (χ4v) is 3.65. The first kappa shape index (κ1) is 17.1. The van der Waals surface area contributed by atoms with Crippen molar-refractivity contribution in [2.24, 2.45) is 0 Å². The molecule has 130 valence electrons. The van der Waals surface area contributed by atoms with Crippen molar-refractivity contribution in [2.75, 3.05) is 38.2 Å². The molecule has 2 aromatic rings. The monoisotopic (exact) mass is 350 g/mol. The lowest BCUT2D eigenvalue weighted by molar-refractivity contribution is 0.249. The number of rotatable bonds is 5. The van der Waals surface area contributed by atoms with E-state index in [1.807, 2.05) is 6.07 Å². The second kappa shape index (κ2) is 7.44. The van der Waals surface area contributed by atoms with Crippen LogP contribution in [0.4, 0.5) is 9.52 Å². The molecule has 1 aliphatic rings. The summed E-state index contributed by atoms with van der Waals surface area (Å²) in [6.07, 6.45) is 0. The number of hydrogen-bond acceptors (Lipinski definition) is 6. The summed E-state index contributed by atoms with van der Waals surface area (Å²) in [7, 11) is 1.48. The third kappa shape index (κ3) is 3.84. The number of nitrogens with zero attached hydrogens (tertiary/aromatic N) is 4. The summed E-state index contributed by atoms with van der Waals surface area (Å²) >= 11 is 1.68. The number of ether oxygens (including phenoxy) is 1. The van der Waals surface area contributed by atoms with Crippen molar-refractivity contribution in [1.82, 2.24) is 15.1 Å². The minimum absolute atomic E-state index is 0.292. The van der Waals surface area contributed by atoms with Gasteiger partial charge in [-0.05, 0) is 17.7 Å². The Bertz CT molecular complexity index is 683. The van der Waals surface area contributed by atoms with Crippen LogP contribution in [-0.2, 0) is 6.54 Å².